The van der Waals surface area contributed by atoms with Gasteiger partial charge in [0, 0.05) is 17.7 Å². The second kappa shape index (κ2) is 7.48. The lowest BCUT2D eigenvalue weighted by Gasteiger charge is -2.09. The topological polar surface area (TPSA) is 73.0 Å². The number of hydrogen-bond donors (Lipinski definition) is 1. The van der Waals surface area contributed by atoms with Crippen molar-refractivity contribution >= 4 is 33.7 Å². The Hall–Kier alpha value is -3.93. The smallest absolute Gasteiger partial charge is 0.244 e. The van der Waals surface area contributed by atoms with Crippen LogP contribution in [0.2, 0.25) is 0 Å². The van der Waals surface area contributed by atoms with Crippen molar-refractivity contribution in [3.63, 3.8) is 0 Å². The maximum atomic E-state index is 12.7. The third-order valence-electron chi connectivity index (χ3n) is 5.06. The van der Waals surface area contributed by atoms with Crippen molar-refractivity contribution in [2.24, 2.45) is 0 Å². The molecule has 5 aromatic rings. The Kier molecular flexibility index (Phi) is 4.52. The summed E-state index contributed by atoms with van der Waals surface area (Å²) in [5, 5.41) is 2.96. The second-order valence-corrected chi connectivity index (χ2v) is 7.07. The van der Waals surface area contributed by atoms with E-state index in [4.69, 9.17) is 4.42 Å². The molecule has 0 saturated carbocycles. The minimum absolute atomic E-state index is 0.0949. The fourth-order valence-corrected chi connectivity index (χ4v) is 3.61. The molecule has 0 fully saturated rings. The van der Waals surface area contributed by atoms with Gasteiger partial charge in [-0.3, -0.25) is 4.79 Å². The zero-order valence-corrected chi connectivity index (χ0v) is 16.5. The highest BCUT2D eigenvalue weighted by Crippen LogP contribution is 2.25. The molecule has 6 heteroatoms. The third-order valence-corrected chi connectivity index (χ3v) is 5.06. The Morgan fingerprint density at radius 3 is 2.43 bits per heavy atom. The first kappa shape index (κ1) is 18.1. The van der Waals surface area contributed by atoms with Gasteiger partial charge in [-0.25, -0.2) is 9.97 Å². The standard InChI is InChI=1S/C24H20N4O2/c1-2-22-26-18-7-3-5-9-20(18)28(22)15-23(29)25-17-13-11-16(12-14-17)24-27-19-8-4-6-10-21(19)30-24/h3-14H,2,15H2,1H3,(H,25,29). The molecule has 0 aliphatic heterocycles. The van der Waals surface area contributed by atoms with Gasteiger partial charge in [-0.05, 0) is 48.5 Å². The maximum absolute atomic E-state index is 12.7. The normalized spacial score (nSPS) is 11.2. The average molecular weight is 396 g/mol. The molecule has 30 heavy (non-hydrogen) atoms. The molecule has 0 atom stereocenters. The van der Waals surface area contributed by atoms with Gasteiger partial charge in [0.15, 0.2) is 5.58 Å². The van der Waals surface area contributed by atoms with Crippen LogP contribution in [0.3, 0.4) is 0 Å². The second-order valence-electron chi connectivity index (χ2n) is 7.07. The fourth-order valence-electron chi connectivity index (χ4n) is 3.61. The quantitative estimate of drug-likeness (QED) is 0.451. The van der Waals surface area contributed by atoms with E-state index in [0.29, 0.717) is 5.89 Å². The lowest BCUT2D eigenvalue weighted by molar-refractivity contribution is -0.116. The number of amides is 1. The summed E-state index contributed by atoms with van der Waals surface area (Å²) in [5.41, 5.74) is 5.04. The van der Waals surface area contributed by atoms with E-state index in [1.165, 1.54) is 0 Å². The number of rotatable bonds is 5. The van der Waals surface area contributed by atoms with E-state index in [1.807, 2.05) is 84.3 Å². The molecular weight excluding hydrogens is 376 g/mol. The number of hydrogen-bond acceptors (Lipinski definition) is 4. The molecule has 5 rings (SSSR count). The van der Waals surface area contributed by atoms with Gasteiger partial charge in [0.2, 0.25) is 11.8 Å². The Morgan fingerprint density at radius 2 is 1.67 bits per heavy atom. The molecule has 1 N–H and O–H groups in total. The molecule has 3 aromatic carbocycles. The number of para-hydroxylation sites is 4. The van der Waals surface area contributed by atoms with Gasteiger partial charge in [-0.2, -0.15) is 0 Å². The number of nitrogens with zero attached hydrogens (tertiary/aromatic N) is 3. The number of benzene rings is 3. The predicted molar refractivity (Wildman–Crippen MR) is 117 cm³/mol. The van der Waals surface area contributed by atoms with Gasteiger partial charge in [0.1, 0.15) is 17.9 Å². The van der Waals surface area contributed by atoms with Crippen molar-refractivity contribution in [1.29, 1.82) is 0 Å². The number of aromatic nitrogens is 3. The summed E-state index contributed by atoms with van der Waals surface area (Å²) in [6.07, 6.45) is 0.765. The molecule has 0 aliphatic rings. The minimum atomic E-state index is -0.0949. The SMILES string of the molecule is CCc1nc2ccccc2n1CC(=O)Nc1ccc(-c2nc3ccccc3o2)cc1. The summed E-state index contributed by atoms with van der Waals surface area (Å²) in [7, 11) is 0. The molecule has 1 amide bonds. The van der Waals surface area contributed by atoms with Gasteiger partial charge in [-0.1, -0.05) is 31.2 Å². The molecule has 6 nitrogen and oxygen atoms in total. The minimum Gasteiger partial charge on any atom is -0.436 e. The predicted octanol–water partition coefficient (Wildman–Crippen LogP) is 5.05. The number of carbonyl (C=O) groups excluding carboxylic acids is 1. The van der Waals surface area contributed by atoms with E-state index in [-0.39, 0.29) is 12.5 Å². The van der Waals surface area contributed by atoms with Crippen molar-refractivity contribution in [1.82, 2.24) is 14.5 Å². The third kappa shape index (κ3) is 3.33. The van der Waals surface area contributed by atoms with E-state index < -0.39 is 0 Å². The summed E-state index contributed by atoms with van der Waals surface area (Å²) in [4.78, 5) is 21.8. The maximum Gasteiger partial charge on any atom is 0.244 e. The van der Waals surface area contributed by atoms with Crippen molar-refractivity contribution in [3.8, 4) is 11.5 Å². The van der Waals surface area contributed by atoms with Gasteiger partial charge >= 0.3 is 0 Å². The molecular formula is C24H20N4O2. The van der Waals surface area contributed by atoms with Gasteiger partial charge < -0.3 is 14.3 Å². The van der Waals surface area contributed by atoms with Gasteiger partial charge in [-0.15, -0.1) is 0 Å². The Morgan fingerprint density at radius 1 is 0.933 bits per heavy atom. The summed E-state index contributed by atoms with van der Waals surface area (Å²) >= 11 is 0. The molecule has 0 aliphatic carbocycles. The lowest BCUT2D eigenvalue weighted by Crippen LogP contribution is -2.20. The zero-order valence-electron chi connectivity index (χ0n) is 16.5. The first-order valence-electron chi connectivity index (χ1n) is 9.91. The highest BCUT2D eigenvalue weighted by Gasteiger charge is 2.13. The lowest BCUT2D eigenvalue weighted by atomic mass is 10.2. The number of oxazole rings is 1. The largest absolute Gasteiger partial charge is 0.436 e. The number of anilines is 1. The van der Waals surface area contributed by atoms with Crippen LogP contribution >= 0.6 is 0 Å². The highest BCUT2D eigenvalue weighted by atomic mass is 16.3. The zero-order chi connectivity index (χ0) is 20.5. The monoisotopic (exact) mass is 396 g/mol. The van der Waals surface area contributed by atoms with Crippen molar-refractivity contribution < 1.29 is 9.21 Å². The van der Waals surface area contributed by atoms with Gasteiger partial charge in [0.05, 0.1) is 11.0 Å². The van der Waals surface area contributed by atoms with E-state index in [0.717, 1.165) is 45.6 Å². The van der Waals surface area contributed by atoms with Crippen LogP contribution in [0, 0.1) is 0 Å². The molecule has 2 heterocycles. The molecule has 148 valence electrons. The number of fused-ring (bicyclic) bond motifs is 2. The molecule has 0 saturated heterocycles. The summed E-state index contributed by atoms with van der Waals surface area (Å²) in [6, 6.07) is 23.0. The molecule has 2 aromatic heterocycles. The highest BCUT2D eigenvalue weighted by molar-refractivity contribution is 5.92. The molecule has 0 spiro atoms. The molecule has 0 bridgehead atoms. The number of nitrogens with one attached hydrogen (secondary N) is 1. The van der Waals surface area contributed by atoms with Crippen LogP contribution in [-0.2, 0) is 17.8 Å². The Labute approximate surface area is 173 Å². The van der Waals surface area contributed by atoms with Crippen molar-refractivity contribution in [3.05, 3.63) is 78.6 Å². The summed E-state index contributed by atoms with van der Waals surface area (Å²) in [5.74, 6) is 1.37. The number of carbonyl (C=O) groups is 1. The Balaban J connectivity index is 1.33. The number of aryl methyl sites for hydroxylation is 1. The molecule has 0 unspecified atom stereocenters. The van der Waals surface area contributed by atoms with Crippen LogP contribution in [0.25, 0.3) is 33.6 Å². The molecule has 0 radical (unpaired) electrons. The fraction of sp³-hybridized carbons (Fsp3) is 0.125. The van der Waals surface area contributed by atoms with Crippen LogP contribution in [0.15, 0.2) is 77.2 Å². The summed E-state index contributed by atoms with van der Waals surface area (Å²) < 4.78 is 7.77. The van der Waals surface area contributed by atoms with E-state index >= 15 is 0 Å². The van der Waals surface area contributed by atoms with E-state index in [9.17, 15) is 4.79 Å². The van der Waals surface area contributed by atoms with Crippen LogP contribution in [0.1, 0.15) is 12.7 Å². The van der Waals surface area contributed by atoms with Crippen molar-refractivity contribution in [2.45, 2.75) is 19.9 Å². The first-order chi connectivity index (χ1) is 14.7. The van der Waals surface area contributed by atoms with Crippen LogP contribution in [0.4, 0.5) is 5.69 Å². The van der Waals surface area contributed by atoms with Crippen LogP contribution in [-0.4, -0.2) is 20.4 Å². The Bertz CT molecular complexity index is 1320. The van der Waals surface area contributed by atoms with E-state index in [2.05, 4.69) is 15.3 Å². The van der Waals surface area contributed by atoms with Gasteiger partial charge in [0.25, 0.3) is 0 Å². The van der Waals surface area contributed by atoms with Crippen LogP contribution < -0.4 is 5.32 Å². The number of imidazole rings is 1. The van der Waals surface area contributed by atoms with Crippen molar-refractivity contribution in [2.75, 3.05) is 5.32 Å². The van der Waals surface area contributed by atoms with Crippen LogP contribution in [0.5, 0.6) is 0 Å². The van der Waals surface area contributed by atoms with E-state index in [1.54, 1.807) is 0 Å². The first-order valence-corrected chi connectivity index (χ1v) is 9.91. The average Bonchev–Trinajstić information content (AvgIpc) is 3.36. The summed E-state index contributed by atoms with van der Waals surface area (Å²) in [6.45, 7) is 2.26.